The molecule has 1 amide bonds. The third-order valence-corrected chi connectivity index (χ3v) is 2.12. The van der Waals surface area contributed by atoms with Gasteiger partial charge >= 0.3 is 11.9 Å². The molecule has 0 aliphatic rings. The highest BCUT2D eigenvalue weighted by Crippen LogP contribution is 1.96. The van der Waals surface area contributed by atoms with Gasteiger partial charge in [-0.05, 0) is 33.0 Å². The maximum Gasteiger partial charge on any atom is 0.417 e. The minimum absolute atomic E-state index is 0.0932. The molecule has 0 saturated heterocycles. The van der Waals surface area contributed by atoms with Gasteiger partial charge in [0.1, 0.15) is 18.5 Å². The third kappa shape index (κ3) is 14.2. The second kappa shape index (κ2) is 14.5. The van der Waals surface area contributed by atoms with Crippen LogP contribution < -0.4 is 10.6 Å². The number of aldehydes is 1. The standard InChI is InChI=1S/C12H20N2O5.C3H4O/c1-5-10(15)14-7-9(3)19-12(17)11(16)18-8(2)6-13-4;1-2-3-4/h5,8-9,13H,1,6-7H2,2-4H3,(H,14,15);2-3H,1H2. The fourth-order valence-electron chi connectivity index (χ4n) is 1.15. The number of carbonyl (C=O) groups excluding carboxylic acids is 4. The Hall–Kier alpha value is -2.48. The number of likely N-dealkylation sites (N-methyl/N-ethyl adjacent to an activating group) is 1. The second-order valence-corrected chi connectivity index (χ2v) is 4.31. The Morgan fingerprint density at radius 2 is 1.48 bits per heavy atom. The van der Waals surface area contributed by atoms with Crippen LogP contribution in [0.1, 0.15) is 13.8 Å². The smallest absolute Gasteiger partial charge is 0.417 e. The average Bonchev–Trinajstić information content (AvgIpc) is 2.52. The summed E-state index contributed by atoms with van der Waals surface area (Å²) in [6, 6.07) is 0. The molecule has 0 spiro atoms. The summed E-state index contributed by atoms with van der Waals surface area (Å²) in [5.74, 6) is -2.51. The molecule has 23 heavy (non-hydrogen) atoms. The van der Waals surface area contributed by atoms with Gasteiger partial charge in [0, 0.05) is 6.54 Å². The van der Waals surface area contributed by atoms with Crippen molar-refractivity contribution in [3.8, 4) is 0 Å². The predicted molar refractivity (Wildman–Crippen MR) is 84.5 cm³/mol. The van der Waals surface area contributed by atoms with Gasteiger partial charge < -0.3 is 20.1 Å². The van der Waals surface area contributed by atoms with Crippen molar-refractivity contribution in [2.24, 2.45) is 0 Å². The molecule has 0 saturated carbocycles. The van der Waals surface area contributed by atoms with Crippen LogP contribution in [-0.2, 0) is 28.7 Å². The maximum absolute atomic E-state index is 11.4. The normalized spacial score (nSPS) is 11.6. The molecule has 0 bridgehead atoms. The fourth-order valence-corrected chi connectivity index (χ4v) is 1.15. The summed E-state index contributed by atoms with van der Waals surface area (Å²) in [6.07, 6.45) is 1.87. The number of hydrogen-bond donors (Lipinski definition) is 2. The number of ether oxygens (including phenoxy) is 2. The molecule has 2 atom stereocenters. The quantitative estimate of drug-likeness (QED) is 0.273. The third-order valence-electron chi connectivity index (χ3n) is 2.12. The van der Waals surface area contributed by atoms with Gasteiger partial charge in [0.05, 0.1) is 6.54 Å². The monoisotopic (exact) mass is 328 g/mol. The van der Waals surface area contributed by atoms with E-state index in [4.69, 9.17) is 14.3 Å². The Kier molecular flexibility index (Phi) is 14.3. The molecule has 130 valence electrons. The molecule has 0 aromatic carbocycles. The molecule has 8 heteroatoms. The zero-order valence-corrected chi connectivity index (χ0v) is 13.7. The van der Waals surface area contributed by atoms with E-state index in [1.165, 1.54) is 6.08 Å². The van der Waals surface area contributed by atoms with E-state index in [2.05, 4.69) is 23.8 Å². The van der Waals surface area contributed by atoms with E-state index in [-0.39, 0.29) is 12.5 Å². The van der Waals surface area contributed by atoms with Crippen LogP contribution in [-0.4, -0.2) is 56.5 Å². The summed E-state index contributed by atoms with van der Waals surface area (Å²) in [7, 11) is 1.70. The summed E-state index contributed by atoms with van der Waals surface area (Å²) in [4.78, 5) is 42.6. The lowest BCUT2D eigenvalue weighted by atomic mass is 10.4. The van der Waals surface area contributed by atoms with Crippen molar-refractivity contribution in [1.82, 2.24) is 10.6 Å². The lowest BCUT2D eigenvalue weighted by Crippen LogP contribution is -2.36. The molecule has 0 aliphatic heterocycles. The van der Waals surface area contributed by atoms with Gasteiger partial charge in [-0.1, -0.05) is 13.2 Å². The van der Waals surface area contributed by atoms with Crippen molar-refractivity contribution in [3.05, 3.63) is 25.3 Å². The van der Waals surface area contributed by atoms with Crippen LogP contribution in [0, 0.1) is 0 Å². The fraction of sp³-hybridized carbons (Fsp3) is 0.467. The van der Waals surface area contributed by atoms with Crippen molar-refractivity contribution in [2.75, 3.05) is 20.1 Å². The molecule has 0 fully saturated rings. The highest BCUT2D eigenvalue weighted by atomic mass is 16.6. The van der Waals surface area contributed by atoms with Gasteiger partial charge in [0.25, 0.3) is 0 Å². The van der Waals surface area contributed by atoms with E-state index in [1.807, 2.05) is 0 Å². The summed E-state index contributed by atoms with van der Waals surface area (Å²) in [6.45, 7) is 10.1. The van der Waals surface area contributed by atoms with E-state index >= 15 is 0 Å². The number of amides is 1. The molecule has 0 aliphatic carbocycles. The number of hydrogen-bond acceptors (Lipinski definition) is 7. The zero-order chi connectivity index (χ0) is 18.3. The number of esters is 2. The number of carbonyl (C=O) groups is 4. The van der Waals surface area contributed by atoms with Crippen LogP contribution in [0.25, 0.3) is 0 Å². The molecule has 8 nitrogen and oxygen atoms in total. The highest BCUT2D eigenvalue weighted by Gasteiger charge is 2.22. The van der Waals surface area contributed by atoms with Crippen LogP contribution >= 0.6 is 0 Å². The van der Waals surface area contributed by atoms with Crippen molar-refractivity contribution in [2.45, 2.75) is 26.1 Å². The largest absolute Gasteiger partial charge is 0.453 e. The SMILES string of the molecule is C=CC(=O)NCC(C)OC(=O)C(=O)OC(C)CNC.C=CC=O. The van der Waals surface area contributed by atoms with Crippen molar-refractivity contribution < 1.29 is 28.7 Å². The van der Waals surface area contributed by atoms with Crippen LogP contribution in [0.3, 0.4) is 0 Å². The summed E-state index contributed by atoms with van der Waals surface area (Å²) >= 11 is 0. The number of allylic oxidation sites excluding steroid dienone is 1. The summed E-state index contributed by atoms with van der Waals surface area (Å²) < 4.78 is 9.62. The van der Waals surface area contributed by atoms with Crippen molar-refractivity contribution in [1.29, 1.82) is 0 Å². The first-order valence-corrected chi connectivity index (χ1v) is 6.84. The summed E-state index contributed by atoms with van der Waals surface area (Å²) in [5.41, 5.74) is 0. The molecular formula is C15H24N2O6. The Morgan fingerprint density at radius 3 is 1.83 bits per heavy atom. The Balaban J connectivity index is 0. The van der Waals surface area contributed by atoms with E-state index in [9.17, 15) is 14.4 Å². The molecule has 2 N–H and O–H groups in total. The van der Waals surface area contributed by atoms with Gasteiger partial charge in [-0.2, -0.15) is 0 Å². The lowest BCUT2D eigenvalue weighted by Gasteiger charge is -2.15. The van der Waals surface area contributed by atoms with Crippen molar-refractivity contribution in [3.63, 3.8) is 0 Å². The predicted octanol–water partition coefficient (Wildman–Crippen LogP) is -0.257. The van der Waals surface area contributed by atoms with E-state index in [1.54, 1.807) is 20.9 Å². The van der Waals surface area contributed by atoms with Gasteiger partial charge in [0.15, 0.2) is 0 Å². The van der Waals surface area contributed by atoms with Crippen LogP contribution in [0.4, 0.5) is 0 Å². The second-order valence-electron chi connectivity index (χ2n) is 4.31. The van der Waals surface area contributed by atoms with Crippen LogP contribution in [0.15, 0.2) is 25.3 Å². The first-order chi connectivity index (χ1) is 10.8. The Bertz CT molecular complexity index is 416. The number of nitrogens with one attached hydrogen (secondary N) is 2. The first kappa shape index (κ1) is 22.8. The zero-order valence-electron chi connectivity index (χ0n) is 13.7. The van der Waals surface area contributed by atoms with E-state index in [0.717, 1.165) is 6.08 Å². The Labute approximate surface area is 135 Å². The van der Waals surface area contributed by atoms with Crippen LogP contribution in [0.2, 0.25) is 0 Å². The van der Waals surface area contributed by atoms with Crippen LogP contribution in [0.5, 0.6) is 0 Å². The van der Waals surface area contributed by atoms with Gasteiger partial charge in [-0.3, -0.25) is 9.59 Å². The van der Waals surface area contributed by atoms with Gasteiger partial charge in [-0.15, -0.1) is 0 Å². The van der Waals surface area contributed by atoms with E-state index in [0.29, 0.717) is 12.8 Å². The minimum atomic E-state index is -1.08. The van der Waals surface area contributed by atoms with Gasteiger partial charge in [-0.25, -0.2) is 9.59 Å². The van der Waals surface area contributed by atoms with E-state index < -0.39 is 24.1 Å². The first-order valence-electron chi connectivity index (χ1n) is 6.84. The lowest BCUT2D eigenvalue weighted by molar-refractivity contribution is -0.172. The molecule has 0 aromatic rings. The summed E-state index contributed by atoms with van der Waals surface area (Å²) in [5, 5.41) is 5.25. The molecule has 0 aromatic heterocycles. The highest BCUT2D eigenvalue weighted by molar-refractivity contribution is 6.29. The molecular weight excluding hydrogens is 304 g/mol. The Morgan fingerprint density at radius 1 is 1.04 bits per heavy atom. The molecule has 0 radical (unpaired) electrons. The van der Waals surface area contributed by atoms with Gasteiger partial charge in [0.2, 0.25) is 5.91 Å². The molecule has 2 unspecified atom stereocenters. The molecule has 0 rings (SSSR count). The maximum atomic E-state index is 11.4. The minimum Gasteiger partial charge on any atom is -0.453 e. The molecule has 0 heterocycles. The number of rotatable bonds is 8. The topological polar surface area (TPSA) is 111 Å². The van der Waals surface area contributed by atoms with Crippen molar-refractivity contribution >= 4 is 24.1 Å². The average molecular weight is 328 g/mol.